The molecule has 1 aliphatic rings. The molecule has 0 aromatic heterocycles. The van der Waals surface area contributed by atoms with Crippen LogP contribution in [0, 0.1) is 0 Å². The van der Waals surface area contributed by atoms with E-state index in [4.69, 9.17) is 9.47 Å². The highest BCUT2D eigenvalue weighted by Gasteiger charge is 2.26. The predicted octanol–water partition coefficient (Wildman–Crippen LogP) is 2.68. The van der Waals surface area contributed by atoms with Gasteiger partial charge in [-0.1, -0.05) is 30.3 Å². The molecule has 108 valence electrons. The van der Waals surface area contributed by atoms with E-state index < -0.39 is 6.10 Å². The molecule has 4 heteroatoms. The normalized spacial score (nSPS) is 16.3. The molecular formula is C17H17NO3. The van der Waals surface area contributed by atoms with Crippen molar-refractivity contribution in [3.8, 4) is 11.5 Å². The highest BCUT2D eigenvalue weighted by molar-refractivity contribution is 5.87. The van der Waals surface area contributed by atoms with Crippen LogP contribution < -0.4 is 14.8 Å². The minimum Gasteiger partial charge on any atom is -0.496 e. The van der Waals surface area contributed by atoms with Crippen molar-refractivity contribution in [1.29, 1.82) is 0 Å². The number of methoxy groups -OCH3 is 1. The fourth-order valence-corrected chi connectivity index (χ4v) is 2.44. The molecule has 3 rings (SSSR count). The molecule has 0 spiro atoms. The summed E-state index contributed by atoms with van der Waals surface area (Å²) in [5.41, 5.74) is 1.81. The first-order valence-electron chi connectivity index (χ1n) is 6.92. The third kappa shape index (κ3) is 2.84. The van der Waals surface area contributed by atoms with E-state index in [0.29, 0.717) is 13.0 Å². The zero-order valence-electron chi connectivity index (χ0n) is 11.8. The SMILES string of the molecule is COc1ccccc1CC(=O)C1CNc2ccccc2O1. The Balaban J connectivity index is 1.72. The molecular weight excluding hydrogens is 266 g/mol. The first-order valence-corrected chi connectivity index (χ1v) is 6.92. The number of fused-ring (bicyclic) bond motifs is 1. The first kappa shape index (κ1) is 13.5. The van der Waals surface area contributed by atoms with Crippen LogP contribution >= 0.6 is 0 Å². The van der Waals surface area contributed by atoms with Gasteiger partial charge in [0.2, 0.25) is 0 Å². The molecule has 2 aromatic carbocycles. The molecule has 1 heterocycles. The number of carbonyl (C=O) groups excluding carboxylic acids is 1. The Hall–Kier alpha value is -2.49. The number of carbonyl (C=O) groups is 1. The van der Waals surface area contributed by atoms with Crippen molar-refractivity contribution < 1.29 is 14.3 Å². The summed E-state index contributed by atoms with van der Waals surface area (Å²) in [6, 6.07) is 15.2. The second kappa shape index (κ2) is 5.87. The topological polar surface area (TPSA) is 47.6 Å². The van der Waals surface area contributed by atoms with Gasteiger partial charge in [-0.15, -0.1) is 0 Å². The number of anilines is 1. The van der Waals surface area contributed by atoms with Crippen molar-refractivity contribution >= 4 is 11.5 Å². The van der Waals surface area contributed by atoms with Crippen LogP contribution in [0.15, 0.2) is 48.5 Å². The molecule has 0 radical (unpaired) electrons. The summed E-state index contributed by atoms with van der Waals surface area (Å²) in [5.74, 6) is 1.50. The number of ether oxygens (including phenoxy) is 2. The number of benzene rings is 2. The van der Waals surface area contributed by atoms with Crippen LogP contribution in [0.25, 0.3) is 0 Å². The lowest BCUT2D eigenvalue weighted by molar-refractivity contribution is -0.124. The Morgan fingerprint density at radius 2 is 2.00 bits per heavy atom. The molecule has 0 saturated carbocycles. The van der Waals surface area contributed by atoms with Gasteiger partial charge < -0.3 is 14.8 Å². The molecule has 0 saturated heterocycles. The predicted molar refractivity (Wildman–Crippen MR) is 81.1 cm³/mol. The first-order chi connectivity index (χ1) is 10.3. The van der Waals surface area contributed by atoms with Crippen molar-refractivity contribution in [1.82, 2.24) is 0 Å². The molecule has 0 aliphatic carbocycles. The molecule has 2 aromatic rings. The lowest BCUT2D eigenvalue weighted by atomic mass is 10.0. The molecule has 1 atom stereocenters. The van der Waals surface area contributed by atoms with Gasteiger partial charge in [0.15, 0.2) is 11.9 Å². The smallest absolute Gasteiger partial charge is 0.179 e. The van der Waals surface area contributed by atoms with E-state index in [9.17, 15) is 4.79 Å². The number of nitrogens with one attached hydrogen (secondary N) is 1. The standard InChI is InChI=1S/C17H17NO3/c1-20-15-8-4-2-6-12(15)10-14(19)17-11-18-13-7-3-5-9-16(13)21-17/h2-9,17-18H,10-11H2,1H3. The summed E-state index contributed by atoms with van der Waals surface area (Å²) in [4.78, 5) is 12.4. The maximum Gasteiger partial charge on any atom is 0.179 e. The number of Topliss-reactive ketones (excluding diaryl/α,β-unsaturated/α-hetero) is 1. The van der Waals surface area contributed by atoms with E-state index in [1.807, 2.05) is 48.5 Å². The van der Waals surface area contributed by atoms with Crippen LogP contribution in [-0.4, -0.2) is 25.5 Å². The van der Waals surface area contributed by atoms with E-state index in [1.54, 1.807) is 7.11 Å². The van der Waals surface area contributed by atoms with Crippen LogP contribution in [0.4, 0.5) is 5.69 Å². The van der Waals surface area contributed by atoms with Crippen molar-refractivity contribution in [2.45, 2.75) is 12.5 Å². The fraction of sp³-hybridized carbons (Fsp3) is 0.235. The molecule has 0 bridgehead atoms. The van der Waals surface area contributed by atoms with E-state index in [-0.39, 0.29) is 5.78 Å². The third-order valence-corrected chi connectivity index (χ3v) is 3.55. The maximum absolute atomic E-state index is 12.4. The second-order valence-corrected chi connectivity index (χ2v) is 4.94. The van der Waals surface area contributed by atoms with Crippen LogP contribution in [0.3, 0.4) is 0 Å². The zero-order chi connectivity index (χ0) is 14.7. The Bertz CT molecular complexity index is 654. The molecule has 4 nitrogen and oxygen atoms in total. The van der Waals surface area contributed by atoms with Gasteiger partial charge in [0.25, 0.3) is 0 Å². The molecule has 1 aliphatic heterocycles. The maximum atomic E-state index is 12.4. The van der Waals surface area contributed by atoms with Gasteiger partial charge in [0.1, 0.15) is 11.5 Å². The molecule has 0 amide bonds. The fourth-order valence-electron chi connectivity index (χ4n) is 2.44. The van der Waals surface area contributed by atoms with Gasteiger partial charge in [-0.2, -0.15) is 0 Å². The van der Waals surface area contributed by atoms with Gasteiger partial charge in [0, 0.05) is 12.0 Å². The zero-order valence-corrected chi connectivity index (χ0v) is 11.8. The molecule has 0 fully saturated rings. The number of para-hydroxylation sites is 3. The van der Waals surface area contributed by atoms with Crippen LogP contribution in [0.2, 0.25) is 0 Å². The Morgan fingerprint density at radius 3 is 2.86 bits per heavy atom. The average molecular weight is 283 g/mol. The summed E-state index contributed by atoms with van der Waals surface area (Å²) in [5, 5.41) is 3.23. The molecule has 1 N–H and O–H groups in total. The summed E-state index contributed by atoms with van der Waals surface area (Å²) >= 11 is 0. The highest BCUT2D eigenvalue weighted by atomic mass is 16.5. The van der Waals surface area contributed by atoms with Gasteiger partial charge in [-0.3, -0.25) is 4.79 Å². The molecule has 1 unspecified atom stereocenters. The lowest BCUT2D eigenvalue weighted by Crippen LogP contribution is -2.38. The monoisotopic (exact) mass is 283 g/mol. The number of rotatable bonds is 4. The number of hydrogen-bond acceptors (Lipinski definition) is 4. The molecule has 21 heavy (non-hydrogen) atoms. The van der Waals surface area contributed by atoms with Gasteiger partial charge in [-0.25, -0.2) is 0 Å². The van der Waals surface area contributed by atoms with Crippen molar-refractivity contribution in [3.63, 3.8) is 0 Å². The van der Waals surface area contributed by atoms with Crippen molar-refractivity contribution in [2.24, 2.45) is 0 Å². The summed E-state index contributed by atoms with van der Waals surface area (Å²) in [6.07, 6.45) is -0.164. The lowest BCUT2D eigenvalue weighted by Gasteiger charge is -2.26. The third-order valence-electron chi connectivity index (χ3n) is 3.55. The van der Waals surface area contributed by atoms with Crippen molar-refractivity contribution in [3.05, 3.63) is 54.1 Å². The van der Waals surface area contributed by atoms with E-state index in [2.05, 4.69) is 5.32 Å². The van der Waals surface area contributed by atoms with Crippen LogP contribution in [-0.2, 0) is 11.2 Å². The minimum atomic E-state index is -0.468. The Kier molecular flexibility index (Phi) is 3.77. The largest absolute Gasteiger partial charge is 0.496 e. The van der Waals surface area contributed by atoms with Crippen LogP contribution in [0.5, 0.6) is 11.5 Å². The Morgan fingerprint density at radius 1 is 1.24 bits per heavy atom. The second-order valence-electron chi connectivity index (χ2n) is 4.94. The quantitative estimate of drug-likeness (QED) is 0.937. The van der Waals surface area contributed by atoms with Gasteiger partial charge >= 0.3 is 0 Å². The Labute approximate surface area is 123 Å². The van der Waals surface area contributed by atoms with E-state index >= 15 is 0 Å². The summed E-state index contributed by atoms with van der Waals surface area (Å²) in [6.45, 7) is 0.491. The van der Waals surface area contributed by atoms with Crippen LogP contribution in [0.1, 0.15) is 5.56 Å². The van der Waals surface area contributed by atoms with E-state index in [1.165, 1.54) is 0 Å². The average Bonchev–Trinajstić information content (AvgIpc) is 2.55. The summed E-state index contributed by atoms with van der Waals surface area (Å²) < 4.78 is 11.1. The highest BCUT2D eigenvalue weighted by Crippen LogP contribution is 2.29. The van der Waals surface area contributed by atoms with Crippen molar-refractivity contribution in [2.75, 3.05) is 19.0 Å². The number of hydrogen-bond donors (Lipinski definition) is 1. The number of ketones is 1. The van der Waals surface area contributed by atoms with Gasteiger partial charge in [-0.05, 0) is 18.2 Å². The summed E-state index contributed by atoms with van der Waals surface area (Å²) in [7, 11) is 1.61. The van der Waals surface area contributed by atoms with Gasteiger partial charge in [0.05, 0.1) is 19.3 Å². The minimum absolute atomic E-state index is 0.0431. The van der Waals surface area contributed by atoms with E-state index in [0.717, 1.165) is 22.7 Å².